The minimum atomic E-state index is -0.0231. The van der Waals surface area contributed by atoms with Gasteiger partial charge in [0.2, 0.25) is 0 Å². The third kappa shape index (κ3) is 3.87. The molecule has 1 aromatic heterocycles. The lowest BCUT2D eigenvalue weighted by molar-refractivity contribution is -0.00888. The van der Waals surface area contributed by atoms with Gasteiger partial charge in [-0.05, 0) is 56.2 Å². The van der Waals surface area contributed by atoms with Crippen LogP contribution >= 0.6 is 11.3 Å². The predicted octanol–water partition coefficient (Wildman–Crippen LogP) is 2.15. The Morgan fingerprint density at radius 3 is 2.96 bits per heavy atom. The Balaban J connectivity index is 1.60. The zero-order valence-electron chi connectivity index (χ0n) is 13.9. The molecule has 2 N–H and O–H groups in total. The van der Waals surface area contributed by atoms with Crippen molar-refractivity contribution in [3.8, 4) is 0 Å². The van der Waals surface area contributed by atoms with E-state index in [2.05, 4.69) is 33.9 Å². The maximum atomic E-state index is 12.8. The number of urea groups is 1. The zero-order chi connectivity index (χ0) is 16.1. The van der Waals surface area contributed by atoms with Crippen LogP contribution in [-0.4, -0.2) is 55.9 Å². The van der Waals surface area contributed by atoms with E-state index in [9.17, 15) is 4.79 Å². The Hall–Kier alpha value is -1.11. The van der Waals surface area contributed by atoms with Gasteiger partial charge in [-0.25, -0.2) is 4.79 Å². The van der Waals surface area contributed by atoms with Crippen LogP contribution in [0.25, 0.3) is 0 Å². The molecular formula is C17H27N3O2S. The van der Waals surface area contributed by atoms with Crippen molar-refractivity contribution in [2.45, 2.75) is 38.1 Å². The SMILES string of the molecule is Cc1ccsc1CCNC(=O)N1CCNCCC12CCOCC2. The van der Waals surface area contributed by atoms with Crippen LogP contribution in [0.1, 0.15) is 29.7 Å². The Bertz CT molecular complexity index is 526. The minimum Gasteiger partial charge on any atom is -0.381 e. The van der Waals surface area contributed by atoms with Crippen molar-refractivity contribution >= 4 is 17.4 Å². The van der Waals surface area contributed by atoms with Gasteiger partial charge in [0.05, 0.1) is 5.54 Å². The fraction of sp³-hybridized carbons (Fsp3) is 0.706. The molecule has 0 bridgehead atoms. The summed E-state index contributed by atoms with van der Waals surface area (Å²) in [4.78, 5) is 16.2. The number of carbonyl (C=O) groups excluding carboxylic acids is 1. The lowest BCUT2D eigenvalue weighted by atomic mass is 9.85. The maximum absolute atomic E-state index is 12.8. The van der Waals surface area contributed by atoms with Crippen LogP contribution in [0.4, 0.5) is 4.79 Å². The minimum absolute atomic E-state index is 0.0231. The summed E-state index contributed by atoms with van der Waals surface area (Å²) in [5.41, 5.74) is 1.30. The number of rotatable bonds is 3. The number of carbonyl (C=O) groups is 1. The van der Waals surface area contributed by atoms with Crippen molar-refractivity contribution in [2.75, 3.05) is 39.4 Å². The summed E-state index contributed by atoms with van der Waals surface area (Å²) >= 11 is 1.77. The number of amides is 2. The first-order valence-electron chi connectivity index (χ1n) is 8.58. The van der Waals surface area contributed by atoms with Crippen LogP contribution in [0.3, 0.4) is 0 Å². The smallest absolute Gasteiger partial charge is 0.317 e. The summed E-state index contributed by atoms with van der Waals surface area (Å²) in [5, 5.41) is 8.69. The predicted molar refractivity (Wildman–Crippen MR) is 93.1 cm³/mol. The molecule has 128 valence electrons. The van der Waals surface area contributed by atoms with Gasteiger partial charge in [-0.1, -0.05) is 0 Å². The highest BCUT2D eigenvalue weighted by molar-refractivity contribution is 7.10. The average Bonchev–Trinajstić information content (AvgIpc) is 2.86. The molecule has 2 aliphatic rings. The highest BCUT2D eigenvalue weighted by Crippen LogP contribution is 2.32. The number of nitrogens with zero attached hydrogens (tertiary/aromatic N) is 1. The molecule has 0 unspecified atom stereocenters. The molecule has 0 saturated carbocycles. The number of thiophene rings is 1. The summed E-state index contributed by atoms with van der Waals surface area (Å²) in [6.07, 6.45) is 3.84. The second-order valence-corrected chi connectivity index (χ2v) is 7.50. The topological polar surface area (TPSA) is 53.6 Å². The summed E-state index contributed by atoms with van der Waals surface area (Å²) < 4.78 is 5.53. The second-order valence-electron chi connectivity index (χ2n) is 6.50. The molecule has 5 nitrogen and oxygen atoms in total. The van der Waals surface area contributed by atoms with Gasteiger partial charge in [0.15, 0.2) is 0 Å². The van der Waals surface area contributed by atoms with Crippen LogP contribution < -0.4 is 10.6 Å². The molecule has 2 aliphatic heterocycles. The molecule has 3 heterocycles. The van der Waals surface area contributed by atoms with E-state index in [1.54, 1.807) is 11.3 Å². The van der Waals surface area contributed by atoms with Gasteiger partial charge < -0.3 is 20.3 Å². The van der Waals surface area contributed by atoms with Crippen LogP contribution in [0.2, 0.25) is 0 Å². The molecule has 2 amide bonds. The number of hydrogen-bond donors (Lipinski definition) is 2. The van der Waals surface area contributed by atoms with E-state index in [1.807, 2.05) is 0 Å². The molecule has 3 rings (SSSR count). The van der Waals surface area contributed by atoms with Gasteiger partial charge in [0.1, 0.15) is 0 Å². The highest BCUT2D eigenvalue weighted by Gasteiger charge is 2.41. The summed E-state index contributed by atoms with van der Waals surface area (Å²) in [5.74, 6) is 0. The van der Waals surface area contributed by atoms with Crippen molar-refractivity contribution < 1.29 is 9.53 Å². The first-order chi connectivity index (χ1) is 11.2. The maximum Gasteiger partial charge on any atom is 0.317 e. The van der Waals surface area contributed by atoms with E-state index >= 15 is 0 Å². The highest BCUT2D eigenvalue weighted by atomic mass is 32.1. The van der Waals surface area contributed by atoms with Gasteiger partial charge in [-0.2, -0.15) is 0 Å². The van der Waals surface area contributed by atoms with Crippen LogP contribution in [0.5, 0.6) is 0 Å². The number of nitrogens with one attached hydrogen (secondary N) is 2. The van der Waals surface area contributed by atoms with E-state index < -0.39 is 0 Å². The zero-order valence-corrected chi connectivity index (χ0v) is 14.7. The molecule has 1 spiro atoms. The Morgan fingerprint density at radius 1 is 1.39 bits per heavy atom. The van der Waals surface area contributed by atoms with Gasteiger partial charge in [-0.15, -0.1) is 11.3 Å². The molecule has 0 aliphatic carbocycles. The normalized spacial score (nSPS) is 21.2. The molecule has 0 aromatic carbocycles. The fourth-order valence-corrected chi connectivity index (χ4v) is 4.55. The lowest BCUT2D eigenvalue weighted by Crippen LogP contribution is -2.57. The Morgan fingerprint density at radius 2 is 2.22 bits per heavy atom. The molecule has 2 saturated heterocycles. The van der Waals surface area contributed by atoms with E-state index in [-0.39, 0.29) is 11.6 Å². The Labute approximate surface area is 142 Å². The van der Waals surface area contributed by atoms with Crippen molar-refractivity contribution in [2.24, 2.45) is 0 Å². The third-order valence-corrected chi connectivity index (χ3v) is 6.20. The molecule has 1 aromatic rings. The van der Waals surface area contributed by atoms with Crippen LogP contribution in [-0.2, 0) is 11.2 Å². The van der Waals surface area contributed by atoms with E-state index in [4.69, 9.17) is 4.74 Å². The van der Waals surface area contributed by atoms with E-state index in [0.29, 0.717) is 6.54 Å². The van der Waals surface area contributed by atoms with Crippen molar-refractivity contribution in [1.82, 2.24) is 15.5 Å². The molecule has 23 heavy (non-hydrogen) atoms. The van der Waals surface area contributed by atoms with Crippen LogP contribution in [0, 0.1) is 6.92 Å². The first kappa shape index (κ1) is 16.7. The molecule has 0 radical (unpaired) electrons. The quantitative estimate of drug-likeness (QED) is 0.889. The molecule has 6 heteroatoms. The first-order valence-corrected chi connectivity index (χ1v) is 9.46. The largest absolute Gasteiger partial charge is 0.381 e. The van der Waals surface area contributed by atoms with Gasteiger partial charge in [-0.3, -0.25) is 0 Å². The number of aryl methyl sites for hydroxylation is 1. The summed E-state index contributed by atoms with van der Waals surface area (Å²) in [6, 6.07) is 2.23. The summed E-state index contributed by atoms with van der Waals surface area (Å²) in [6.45, 7) is 7.00. The van der Waals surface area contributed by atoms with Crippen molar-refractivity contribution in [3.05, 3.63) is 21.9 Å². The summed E-state index contributed by atoms with van der Waals surface area (Å²) in [7, 11) is 0. The molecular weight excluding hydrogens is 310 g/mol. The Kier molecular flexibility index (Phi) is 5.56. The van der Waals surface area contributed by atoms with Gasteiger partial charge >= 0.3 is 6.03 Å². The fourth-order valence-electron chi connectivity index (χ4n) is 3.64. The third-order valence-electron chi connectivity index (χ3n) is 5.12. The van der Waals surface area contributed by atoms with Crippen molar-refractivity contribution in [3.63, 3.8) is 0 Å². The average molecular weight is 337 g/mol. The second kappa shape index (κ2) is 7.64. The molecule has 2 fully saturated rings. The van der Waals surface area contributed by atoms with Crippen LogP contribution in [0.15, 0.2) is 11.4 Å². The van der Waals surface area contributed by atoms with E-state index in [0.717, 1.165) is 58.5 Å². The van der Waals surface area contributed by atoms with Gasteiger partial charge in [0.25, 0.3) is 0 Å². The van der Waals surface area contributed by atoms with Crippen molar-refractivity contribution in [1.29, 1.82) is 0 Å². The van der Waals surface area contributed by atoms with Gasteiger partial charge in [0, 0.05) is 37.7 Å². The lowest BCUT2D eigenvalue weighted by Gasteiger charge is -2.45. The monoisotopic (exact) mass is 337 g/mol. The molecule has 0 atom stereocenters. The standard InChI is InChI=1S/C17H27N3O2S/c1-14-3-13-23-15(14)2-7-19-16(21)20-10-9-18-8-4-17(20)5-11-22-12-6-17/h3,13,18H,2,4-12H2,1H3,(H,19,21). The number of hydrogen-bond acceptors (Lipinski definition) is 4. The van der Waals surface area contributed by atoms with E-state index in [1.165, 1.54) is 10.4 Å². The number of ether oxygens (including phenoxy) is 1.